The maximum absolute atomic E-state index is 9.15. The molecule has 1 atom stereocenters. The molecule has 1 saturated heterocycles. The van der Waals surface area contributed by atoms with Gasteiger partial charge in [0.2, 0.25) is 0 Å². The van der Waals surface area contributed by atoms with Gasteiger partial charge in [0.15, 0.2) is 11.5 Å². The number of nitriles is 1. The van der Waals surface area contributed by atoms with Crippen molar-refractivity contribution in [3.8, 4) is 6.07 Å². The Morgan fingerprint density at radius 2 is 2.09 bits per heavy atom. The molecular weight excluding hydrogens is 278 g/mol. The Morgan fingerprint density at radius 1 is 1.27 bits per heavy atom. The van der Waals surface area contributed by atoms with Crippen LogP contribution in [0, 0.1) is 11.3 Å². The fourth-order valence-electron chi connectivity index (χ4n) is 2.90. The van der Waals surface area contributed by atoms with Crippen molar-refractivity contribution in [1.82, 2.24) is 14.9 Å². The molecule has 0 radical (unpaired) electrons. The van der Waals surface area contributed by atoms with Crippen LogP contribution in [0.1, 0.15) is 31.9 Å². The Hall–Kier alpha value is -1.71. The third-order valence-corrected chi connectivity index (χ3v) is 4.14. The van der Waals surface area contributed by atoms with Gasteiger partial charge in [-0.25, -0.2) is 9.97 Å². The van der Waals surface area contributed by atoms with E-state index in [9.17, 15) is 0 Å². The molecule has 0 spiro atoms. The molecular formula is C16H25N5O. The summed E-state index contributed by atoms with van der Waals surface area (Å²) in [4.78, 5) is 13.1. The minimum atomic E-state index is 0.419. The van der Waals surface area contributed by atoms with Crippen LogP contribution in [0.2, 0.25) is 0 Å². The number of anilines is 1. The molecule has 0 saturated carbocycles. The molecule has 1 aromatic rings. The van der Waals surface area contributed by atoms with Gasteiger partial charge in [0, 0.05) is 51.8 Å². The van der Waals surface area contributed by atoms with Gasteiger partial charge >= 0.3 is 0 Å². The number of nitrogens with zero attached hydrogens (tertiary/aromatic N) is 5. The SMILES string of the molecule is COCCCCCN1CCN(c2nccnc2C#N)C[C@@H]1C. The highest BCUT2D eigenvalue weighted by atomic mass is 16.5. The molecule has 0 amide bonds. The van der Waals surface area contributed by atoms with Gasteiger partial charge in [-0.15, -0.1) is 0 Å². The number of hydrogen-bond acceptors (Lipinski definition) is 6. The van der Waals surface area contributed by atoms with Crippen LogP contribution in [0.4, 0.5) is 5.82 Å². The van der Waals surface area contributed by atoms with Crippen LogP contribution >= 0.6 is 0 Å². The summed E-state index contributed by atoms with van der Waals surface area (Å²) in [5.41, 5.74) is 0.419. The van der Waals surface area contributed by atoms with E-state index < -0.39 is 0 Å². The average Bonchev–Trinajstić information content (AvgIpc) is 2.56. The fraction of sp³-hybridized carbons (Fsp3) is 0.688. The Kier molecular flexibility index (Phi) is 6.56. The van der Waals surface area contributed by atoms with Gasteiger partial charge < -0.3 is 9.64 Å². The molecule has 22 heavy (non-hydrogen) atoms. The first-order valence-electron chi connectivity index (χ1n) is 7.95. The number of piperazine rings is 1. The molecule has 0 aliphatic carbocycles. The van der Waals surface area contributed by atoms with Crippen molar-refractivity contribution < 1.29 is 4.74 Å². The van der Waals surface area contributed by atoms with Crippen molar-refractivity contribution in [3.05, 3.63) is 18.1 Å². The number of unbranched alkanes of at least 4 members (excludes halogenated alkanes) is 2. The predicted octanol–water partition coefficient (Wildman–Crippen LogP) is 1.68. The van der Waals surface area contributed by atoms with Crippen LogP contribution in [0.15, 0.2) is 12.4 Å². The first-order chi connectivity index (χ1) is 10.8. The van der Waals surface area contributed by atoms with E-state index in [4.69, 9.17) is 10.00 Å². The van der Waals surface area contributed by atoms with Crippen molar-refractivity contribution in [2.24, 2.45) is 0 Å². The van der Waals surface area contributed by atoms with Gasteiger partial charge in [0.1, 0.15) is 6.07 Å². The second-order valence-corrected chi connectivity index (χ2v) is 5.72. The summed E-state index contributed by atoms with van der Waals surface area (Å²) in [5, 5.41) is 9.15. The predicted molar refractivity (Wildman–Crippen MR) is 85.7 cm³/mol. The third kappa shape index (κ3) is 4.39. The minimum absolute atomic E-state index is 0.419. The van der Waals surface area contributed by atoms with Crippen LogP contribution in [0.5, 0.6) is 0 Å². The van der Waals surface area contributed by atoms with Crippen LogP contribution in [0.3, 0.4) is 0 Å². The van der Waals surface area contributed by atoms with Crippen LogP contribution < -0.4 is 4.90 Å². The van der Waals surface area contributed by atoms with Gasteiger partial charge in [0.25, 0.3) is 0 Å². The van der Waals surface area contributed by atoms with Crippen LogP contribution in [0.25, 0.3) is 0 Å². The Bertz CT molecular complexity index is 502. The molecule has 0 unspecified atom stereocenters. The second-order valence-electron chi connectivity index (χ2n) is 5.72. The first-order valence-corrected chi connectivity index (χ1v) is 7.95. The maximum atomic E-state index is 9.15. The van der Waals surface area contributed by atoms with E-state index in [1.807, 2.05) is 0 Å². The summed E-state index contributed by atoms with van der Waals surface area (Å²) in [6, 6.07) is 2.59. The van der Waals surface area contributed by atoms with Crippen molar-refractivity contribution in [1.29, 1.82) is 5.26 Å². The molecule has 1 aromatic heterocycles. The van der Waals surface area contributed by atoms with Crippen molar-refractivity contribution in [3.63, 3.8) is 0 Å². The normalized spacial score (nSPS) is 19.1. The first kappa shape index (κ1) is 16.7. The largest absolute Gasteiger partial charge is 0.385 e. The van der Waals surface area contributed by atoms with E-state index in [1.165, 1.54) is 12.8 Å². The molecule has 2 rings (SSSR count). The summed E-state index contributed by atoms with van der Waals surface area (Å²) in [6.07, 6.45) is 6.78. The minimum Gasteiger partial charge on any atom is -0.385 e. The molecule has 2 heterocycles. The Morgan fingerprint density at radius 3 is 2.82 bits per heavy atom. The molecule has 0 bridgehead atoms. The summed E-state index contributed by atoms with van der Waals surface area (Å²) >= 11 is 0. The zero-order valence-electron chi connectivity index (χ0n) is 13.5. The average molecular weight is 303 g/mol. The topological polar surface area (TPSA) is 65.3 Å². The highest BCUT2D eigenvalue weighted by molar-refractivity contribution is 5.49. The molecule has 1 fully saturated rings. The van der Waals surface area contributed by atoms with Gasteiger partial charge in [-0.1, -0.05) is 0 Å². The van der Waals surface area contributed by atoms with Crippen LogP contribution in [-0.2, 0) is 4.74 Å². The summed E-state index contributed by atoms with van der Waals surface area (Å²) in [5.74, 6) is 0.719. The summed E-state index contributed by atoms with van der Waals surface area (Å²) in [7, 11) is 1.75. The van der Waals surface area contributed by atoms with Gasteiger partial charge in [-0.05, 0) is 32.7 Å². The van der Waals surface area contributed by atoms with Crippen LogP contribution in [-0.4, -0.2) is 60.8 Å². The monoisotopic (exact) mass is 303 g/mol. The second kappa shape index (κ2) is 8.66. The van der Waals surface area contributed by atoms with E-state index >= 15 is 0 Å². The van der Waals surface area contributed by atoms with E-state index in [2.05, 4.69) is 32.8 Å². The fourth-order valence-corrected chi connectivity index (χ4v) is 2.90. The standard InChI is InChI=1S/C16H25N5O/c1-14-13-21(16-15(12-17)18-6-7-19-16)10-9-20(14)8-4-3-5-11-22-2/h6-7,14H,3-5,8-11,13H2,1-2H3/t14-/m0/s1. The van der Waals surface area contributed by atoms with E-state index in [0.717, 1.165) is 45.0 Å². The van der Waals surface area contributed by atoms with E-state index in [-0.39, 0.29) is 0 Å². The van der Waals surface area contributed by atoms with Crippen molar-refractivity contribution >= 4 is 5.82 Å². The third-order valence-electron chi connectivity index (χ3n) is 4.14. The highest BCUT2D eigenvalue weighted by Crippen LogP contribution is 2.19. The molecule has 6 heteroatoms. The van der Waals surface area contributed by atoms with E-state index in [0.29, 0.717) is 11.7 Å². The summed E-state index contributed by atoms with van der Waals surface area (Å²) in [6.45, 7) is 7.02. The van der Waals surface area contributed by atoms with Gasteiger partial charge in [-0.2, -0.15) is 5.26 Å². The number of hydrogen-bond donors (Lipinski definition) is 0. The maximum Gasteiger partial charge on any atom is 0.183 e. The zero-order chi connectivity index (χ0) is 15.8. The Balaban J connectivity index is 1.83. The smallest absolute Gasteiger partial charge is 0.183 e. The number of methoxy groups -OCH3 is 1. The lowest BCUT2D eigenvalue weighted by molar-refractivity contribution is 0.173. The number of rotatable bonds is 7. The molecule has 0 aromatic carbocycles. The summed E-state index contributed by atoms with van der Waals surface area (Å²) < 4.78 is 5.08. The lowest BCUT2D eigenvalue weighted by Crippen LogP contribution is -2.52. The van der Waals surface area contributed by atoms with Crippen molar-refractivity contribution in [2.45, 2.75) is 32.2 Å². The lowest BCUT2D eigenvalue weighted by atomic mass is 10.1. The molecule has 120 valence electrons. The molecule has 1 aliphatic rings. The van der Waals surface area contributed by atoms with Gasteiger partial charge in [-0.3, -0.25) is 4.90 Å². The highest BCUT2D eigenvalue weighted by Gasteiger charge is 2.25. The molecule has 6 nitrogen and oxygen atoms in total. The van der Waals surface area contributed by atoms with E-state index in [1.54, 1.807) is 19.5 Å². The van der Waals surface area contributed by atoms with Crippen molar-refractivity contribution in [2.75, 3.05) is 44.8 Å². The quantitative estimate of drug-likeness (QED) is 0.714. The molecule has 1 aliphatic heterocycles. The number of aromatic nitrogens is 2. The Labute approximate surface area is 132 Å². The van der Waals surface area contributed by atoms with Gasteiger partial charge in [0.05, 0.1) is 0 Å². The number of ether oxygens (including phenoxy) is 1. The lowest BCUT2D eigenvalue weighted by Gasteiger charge is -2.40. The molecule has 0 N–H and O–H groups in total. The zero-order valence-corrected chi connectivity index (χ0v) is 13.5.